The minimum atomic E-state index is -1.47. The van der Waals surface area contributed by atoms with Gasteiger partial charge in [-0.3, -0.25) is 4.90 Å². The van der Waals surface area contributed by atoms with Crippen LogP contribution in [0.15, 0.2) is 0 Å². The lowest BCUT2D eigenvalue weighted by Gasteiger charge is -2.41. The first kappa shape index (κ1) is 11.2. The van der Waals surface area contributed by atoms with Crippen LogP contribution in [0.1, 0.15) is 0 Å². The molecular weight excluding hydrogens is 194 g/mol. The summed E-state index contributed by atoms with van der Waals surface area (Å²) in [6.45, 7) is -0.921. The van der Waals surface area contributed by atoms with Crippen LogP contribution in [0.5, 0.6) is 0 Å². The second-order valence-electron chi connectivity index (χ2n) is 3.23. The van der Waals surface area contributed by atoms with E-state index >= 15 is 0 Å². The monoisotopic (exact) mass is 207 g/mol. The third-order valence-electron chi connectivity index (χ3n) is 2.36. The Labute approximate surface area is 79.8 Å². The second kappa shape index (κ2) is 4.09. The fourth-order valence-electron chi connectivity index (χ4n) is 1.51. The van der Waals surface area contributed by atoms with E-state index in [0.29, 0.717) is 4.90 Å². The molecule has 0 bridgehead atoms. The Balaban J connectivity index is 2.82. The summed E-state index contributed by atoms with van der Waals surface area (Å²) < 4.78 is 0. The molecule has 7 nitrogen and oxygen atoms in total. The Morgan fingerprint density at radius 3 is 2.29 bits per heavy atom. The number of piperidine rings is 1. The van der Waals surface area contributed by atoms with Crippen molar-refractivity contribution in [3.63, 3.8) is 0 Å². The summed E-state index contributed by atoms with van der Waals surface area (Å²) >= 11 is 0. The Morgan fingerprint density at radius 2 is 1.86 bits per heavy atom. The van der Waals surface area contributed by atoms with Crippen LogP contribution in [0.4, 0.5) is 4.79 Å². The van der Waals surface area contributed by atoms with E-state index in [1.165, 1.54) is 0 Å². The first-order valence-electron chi connectivity index (χ1n) is 4.13. The molecule has 1 amide bonds. The lowest BCUT2D eigenvalue weighted by Crippen LogP contribution is -2.63. The molecule has 0 aromatic carbocycles. The molecule has 1 rings (SSSR count). The molecule has 0 radical (unpaired) electrons. The van der Waals surface area contributed by atoms with Gasteiger partial charge in [0.1, 0.15) is 18.3 Å². The quantitative estimate of drug-likeness (QED) is 0.322. The van der Waals surface area contributed by atoms with Gasteiger partial charge in [-0.1, -0.05) is 0 Å². The number of aliphatic hydroxyl groups excluding tert-OH is 4. The van der Waals surface area contributed by atoms with E-state index in [1.54, 1.807) is 0 Å². The minimum absolute atomic E-state index is 0.321. The first-order chi connectivity index (χ1) is 6.49. The minimum Gasteiger partial charge on any atom is -0.465 e. The summed E-state index contributed by atoms with van der Waals surface area (Å²) in [5.41, 5.74) is 0. The molecule has 1 heterocycles. The topological polar surface area (TPSA) is 121 Å². The molecule has 1 saturated heterocycles. The molecule has 0 spiro atoms. The number of carboxylic acid groups (broad SMARTS) is 1. The zero-order chi connectivity index (χ0) is 10.9. The van der Waals surface area contributed by atoms with E-state index in [0.717, 1.165) is 0 Å². The first-order valence-corrected chi connectivity index (χ1v) is 4.13. The zero-order valence-corrected chi connectivity index (χ0v) is 7.32. The molecule has 0 aromatic rings. The molecule has 1 aliphatic heterocycles. The molecule has 0 saturated carbocycles. The molecule has 1 aliphatic rings. The molecule has 0 aromatic heterocycles. The van der Waals surface area contributed by atoms with Crippen molar-refractivity contribution in [2.45, 2.75) is 24.4 Å². The Hall–Kier alpha value is -0.890. The molecule has 82 valence electrons. The average molecular weight is 207 g/mol. The highest BCUT2D eigenvalue weighted by Crippen LogP contribution is 2.18. The number of rotatable bonds is 1. The molecule has 0 aliphatic carbocycles. The number of likely N-dealkylation sites (tertiary alicyclic amines) is 1. The fraction of sp³-hybridized carbons (Fsp3) is 0.857. The lowest BCUT2D eigenvalue weighted by molar-refractivity contribution is -0.136. The second-order valence-corrected chi connectivity index (χ2v) is 3.23. The van der Waals surface area contributed by atoms with Crippen LogP contribution in [0.3, 0.4) is 0 Å². The molecule has 5 N–H and O–H groups in total. The van der Waals surface area contributed by atoms with Crippen LogP contribution >= 0.6 is 0 Å². The van der Waals surface area contributed by atoms with Crippen molar-refractivity contribution in [1.82, 2.24) is 4.90 Å². The highest BCUT2D eigenvalue weighted by Gasteiger charge is 2.43. The summed E-state index contributed by atoms with van der Waals surface area (Å²) in [5.74, 6) is 0. The van der Waals surface area contributed by atoms with Gasteiger partial charge in [0.15, 0.2) is 0 Å². The van der Waals surface area contributed by atoms with Gasteiger partial charge >= 0.3 is 6.09 Å². The predicted molar refractivity (Wildman–Crippen MR) is 43.6 cm³/mol. The number of nitrogens with zero attached hydrogens (tertiary/aromatic N) is 1. The maximum Gasteiger partial charge on any atom is 0.407 e. The lowest BCUT2D eigenvalue weighted by atomic mass is 9.95. The van der Waals surface area contributed by atoms with Crippen molar-refractivity contribution in [3.05, 3.63) is 0 Å². The van der Waals surface area contributed by atoms with Gasteiger partial charge in [-0.25, -0.2) is 4.79 Å². The number of aliphatic hydroxyl groups is 4. The maximum absolute atomic E-state index is 10.6. The maximum atomic E-state index is 10.6. The average Bonchev–Trinajstić information content (AvgIpc) is 2.13. The van der Waals surface area contributed by atoms with Crippen molar-refractivity contribution < 1.29 is 30.3 Å². The van der Waals surface area contributed by atoms with Crippen LogP contribution in [0.2, 0.25) is 0 Å². The molecule has 1 fully saturated rings. The summed E-state index contributed by atoms with van der Waals surface area (Å²) in [6.07, 6.45) is -5.58. The molecule has 14 heavy (non-hydrogen) atoms. The zero-order valence-electron chi connectivity index (χ0n) is 7.32. The van der Waals surface area contributed by atoms with E-state index in [2.05, 4.69) is 0 Å². The van der Waals surface area contributed by atoms with Crippen molar-refractivity contribution in [2.24, 2.45) is 0 Å². The molecule has 4 atom stereocenters. The van der Waals surface area contributed by atoms with E-state index in [9.17, 15) is 20.1 Å². The van der Waals surface area contributed by atoms with E-state index < -0.39 is 37.1 Å². The smallest absolute Gasteiger partial charge is 0.407 e. The third kappa shape index (κ3) is 1.80. The Kier molecular flexibility index (Phi) is 3.27. The highest BCUT2D eigenvalue weighted by atomic mass is 16.4. The SMILES string of the molecule is O=C(O)N1CC(O)C(O)C(O)C1CO. The number of hydrogen-bond acceptors (Lipinski definition) is 5. The van der Waals surface area contributed by atoms with Crippen LogP contribution in [-0.4, -0.2) is 74.0 Å². The molecule has 7 heteroatoms. The van der Waals surface area contributed by atoms with Gasteiger partial charge in [0, 0.05) is 0 Å². The molecular formula is C7H13NO6. The van der Waals surface area contributed by atoms with Crippen LogP contribution in [0.25, 0.3) is 0 Å². The standard InChI is InChI=1S/C7H13NO6/c9-2-3-5(11)6(12)4(10)1-8(3)7(13)14/h3-6,9-12H,1-2H2,(H,13,14). The normalized spacial score (nSPS) is 38.4. The fourth-order valence-corrected chi connectivity index (χ4v) is 1.51. The van der Waals surface area contributed by atoms with Gasteiger partial charge in [-0.2, -0.15) is 0 Å². The van der Waals surface area contributed by atoms with Gasteiger partial charge in [0.05, 0.1) is 19.2 Å². The number of hydrogen-bond donors (Lipinski definition) is 5. The van der Waals surface area contributed by atoms with Crippen molar-refractivity contribution in [2.75, 3.05) is 13.2 Å². The van der Waals surface area contributed by atoms with Crippen molar-refractivity contribution in [1.29, 1.82) is 0 Å². The Morgan fingerprint density at radius 1 is 1.29 bits per heavy atom. The van der Waals surface area contributed by atoms with Crippen molar-refractivity contribution >= 4 is 6.09 Å². The summed E-state index contributed by atoms with van der Waals surface area (Å²) in [6, 6.07) is -1.09. The largest absolute Gasteiger partial charge is 0.465 e. The predicted octanol–water partition coefficient (Wildman–Crippen LogP) is -2.58. The van der Waals surface area contributed by atoms with Crippen molar-refractivity contribution in [3.8, 4) is 0 Å². The highest BCUT2D eigenvalue weighted by molar-refractivity contribution is 5.66. The van der Waals surface area contributed by atoms with Crippen LogP contribution in [0, 0.1) is 0 Å². The van der Waals surface area contributed by atoms with Gasteiger partial charge in [-0.15, -0.1) is 0 Å². The summed E-state index contributed by atoms with van der Waals surface area (Å²) in [7, 11) is 0. The summed E-state index contributed by atoms with van der Waals surface area (Å²) in [4.78, 5) is 11.3. The number of amides is 1. The third-order valence-corrected chi connectivity index (χ3v) is 2.36. The van der Waals surface area contributed by atoms with E-state index in [1.807, 2.05) is 0 Å². The van der Waals surface area contributed by atoms with Gasteiger partial charge in [-0.05, 0) is 0 Å². The van der Waals surface area contributed by atoms with E-state index in [4.69, 9.17) is 10.2 Å². The van der Waals surface area contributed by atoms with Crippen LogP contribution < -0.4 is 0 Å². The van der Waals surface area contributed by atoms with Gasteiger partial charge in [0.25, 0.3) is 0 Å². The molecule has 4 unspecified atom stereocenters. The van der Waals surface area contributed by atoms with E-state index in [-0.39, 0.29) is 6.54 Å². The summed E-state index contributed by atoms with van der Waals surface area (Å²) in [5, 5.41) is 45.3. The van der Waals surface area contributed by atoms with Crippen LogP contribution in [-0.2, 0) is 0 Å². The number of carbonyl (C=O) groups is 1. The Bertz CT molecular complexity index is 222. The van der Waals surface area contributed by atoms with Gasteiger partial charge in [0.2, 0.25) is 0 Å². The van der Waals surface area contributed by atoms with Gasteiger partial charge < -0.3 is 25.5 Å². The number of β-amino-alcohol motifs (C(OH)–C–C–N with tert-alkyl or cyclic N) is 1.